The van der Waals surface area contributed by atoms with E-state index in [1.807, 2.05) is 0 Å². The van der Waals surface area contributed by atoms with Gasteiger partial charge in [0, 0.05) is 6.04 Å². The lowest BCUT2D eigenvalue weighted by atomic mass is 10.1. The summed E-state index contributed by atoms with van der Waals surface area (Å²) < 4.78 is 0. The van der Waals surface area contributed by atoms with Crippen LogP contribution in [0.15, 0.2) is 0 Å². The molecule has 70 valence electrons. The van der Waals surface area contributed by atoms with E-state index in [1.54, 1.807) is 0 Å². The second kappa shape index (κ2) is 10.2. The number of nitrogens with two attached hydrogens (primary N) is 1. The van der Waals surface area contributed by atoms with E-state index in [1.165, 1.54) is 32.1 Å². The smallest absolute Gasteiger partial charge is 0.00362 e. The molecule has 0 heterocycles. The van der Waals surface area contributed by atoms with E-state index >= 15 is 0 Å². The second-order valence-corrected chi connectivity index (χ2v) is 3.02. The molecule has 1 unspecified atom stereocenters. The maximum Gasteiger partial charge on any atom is 0.00362 e. The largest absolute Gasteiger partial charge is 0.328 e. The SMILES string of the molecule is CCCCCCC(N)CC.Cl. The lowest BCUT2D eigenvalue weighted by Crippen LogP contribution is -2.17. The Kier molecular flexibility index (Phi) is 12.9. The third-order valence-electron chi connectivity index (χ3n) is 1.95. The molecule has 0 spiro atoms. The molecule has 0 radical (unpaired) electrons. The number of hydrogen-bond donors (Lipinski definition) is 1. The highest BCUT2D eigenvalue weighted by Gasteiger charge is 1.96. The second-order valence-electron chi connectivity index (χ2n) is 3.02. The van der Waals surface area contributed by atoms with Crippen molar-refractivity contribution in [3.05, 3.63) is 0 Å². The molecule has 0 amide bonds. The van der Waals surface area contributed by atoms with Gasteiger partial charge in [-0.25, -0.2) is 0 Å². The van der Waals surface area contributed by atoms with Crippen molar-refractivity contribution in [2.45, 2.75) is 58.4 Å². The number of rotatable bonds is 6. The van der Waals surface area contributed by atoms with E-state index in [0.717, 1.165) is 6.42 Å². The summed E-state index contributed by atoms with van der Waals surface area (Å²) in [6.07, 6.45) is 7.73. The van der Waals surface area contributed by atoms with Crippen LogP contribution in [0.1, 0.15) is 52.4 Å². The van der Waals surface area contributed by atoms with Crippen molar-refractivity contribution in [2.75, 3.05) is 0 Å². The molecule has 0 aliphatic rings. The van der Waals surface area contributed by atoms with Gasteiger partial charge in [0.25, 0.3) is 0 Å². The Morgan fingerprint density at radius 2 is 1.73 bits per heavy atom. The predicted molar refractivity (Wildman–Crippen MR) is 54.3 cm³/mol. The Hall–Kier alpha value is 0.250. The molecule has 0 fully saturated rings. The molecule has 0 rings (SSSR count). The summed E-state index contributed by atoms with van der Waals surface area (Å²) in [5.41, 5.74) is 5.76. The Morgan fingerprint density at radius 1 is 1.09 bits per heavy atom. The van der Waals surface area contributed by atoms with Gasteiger partial charge in [-0.1, -0.05) is 39.5 Å². The molecular formula is C9H22ClN. The van der Waals surface area contributed by atoms with Crippen LogP contribution in [0.2, 0.25) is 0 Å². The van der Waals surface area contributed by atoms with Crippen molar-refractivity contribution >= 4 is 12.4 Å². The van der Waals surface area contributed by atoms with E-state index in [4.69, 9.17) is 5.73 Å². The topological polar surface area (TPSA) is 26.0 Å². The maximum atomic E-state index is 5.76. The van der Waals surface area contributed by atoms with Crippen molar-refractivity contribution < 1.29 is 0 Å². The lowest BCUT2D eigenvalue weighted by molar-refractivity contribution is 0.537. The van der Waals surface area contributed by atoms with Crippen LogP contribution in [0.25, 0.3) is 0 Å². The molecule has 0 aliphatic heterocycles. The van der Waals surface area contributed by atoms with Gasteiger partial charge in [-0.3, -0.25) is 0 Å². The lowest BCUT2D eigenvalue weighted by Gasteiger charge is -2.06. The molecule has 0 aliphatic carbocycles. The molecule has 0 aromatic carbocycles. The quantitative estimate of drug-likeness (QED) is 0.624. The monoisotopic (exact) mass is 179 g/mol. The zero-order valence-corrected chi connectivity index (χ0v) is 8.62. The highest BCUT2D eigenvalue weighted by atomic mass is 35.5. The molecule has 0 bridgehead atoms. The molecule has 0 saturated carbocycles. The first-order valence-corrected chi connectivity index (χ1v) is 4.56. The van der Waals surface area contributed by atoms with Crippen LogP contribution >= 0.6 is 12.4 Å². The third-order valence-corrected chi connectivity index (χ3v) is 1.95. The zero-order chi connectivity index (χ0) is 7.82. The van der Waals surface area contributed by atoms with Crippen LogP contribution in [-0.2, 0) is 0 Å². The highest BCUT2D eigenvalue weighted by molar-refractivity contribution is 5.85. The summed E-state index contributed by atoms with van der Waals surface area (Å²) in [6, 6.07) is 0.455. The summed E-state index contributed by atoms with van der Waals surface area (Å²) in [5.74, 6) is 0. The molecule has 2 N–H and O–H groups in total. The number of hydrogen-bond acceptors (Lipinski definition) is 1. The van der Waals surface area contributed by atoms with Crippen LogP contribution < -0.4 is 5.73 Å². The minimum Gasteiger partial charge on any atom is -0.328 e. The zero-order valence-electron chi connectivity index (χ0n) is 7.81. The maximum absolute atomic E-state index is 5.76. The van der Waals surface area contributed by atoms with Gasteiger partial charge in [0.05, 0.1) is 0 Å². The summed E-state index contributed by atoms with van der Waals surface area (Å²) in [6.45, 7) is 4.39. The van der Waals surface area contributed by atoms with Gasteiger partial charge in [0.1, 0.15) is 0 Å². The van der Waals surface area contributed by atoms with Gasteiger partial charge in [-0.05, 0) is 12.8 Å². The van der Waals surface area contributed by atoms with Crippen molar-refractivity contribution in [3.63, 3.8) is 0 Å². The van der Waals surface area contributed by atoms with Crippen LogP contribution in [0.3, 0.4) is 0 Å². The average Bonchev–Trinajstić information content (AvgIpc) is 1.98. The van der Waals surface area contributed by atoms with Crippen molar-refractivity contribution in [2.24, 2.45) is 5.73 Å². The molecule has 2 heteroatoms. The molecule has 11 heavy (non-hydrogen) atoms. The third kappa shape index (κ3) is 10.2. The van der Waals surface area contributed by atoms with Gasteiger partial charge in [0.2, 0.25) is 0 Å². The number of unbranched alkanes of at least 4 members (excludes halogenated alkanes) is 3. The highest BCUT2D eigenvalue weighted by Crippen LogP contribution is 2.05. The Morgan fingerprint density at radius 3 is 2.18 bits per heavy atom. The van der Waals surface area contributed by atoms with Gasteiger partial charge < -0.3 is 5.73 Å². The molecule has 0 aromatic heterocycles. The minimum atomic E-state index is 0. The number of halogens is 1. The Balaban J connectivity index is 0. The fourth-order valence-electron chi connectivity index (χ4n) is 1.04. The van der Waals surface area contributed by atoms with Crippen LogP contribution in [0, 0.1) is 0 Å². The summed E-state index contributed by atoms with van der Waals surface area (Å²) in [5, 5.41) is 0. The van der Waals surface area contributed by atoms with Gasteiger partial charge >= 0.3 is 0 Å². The van der Waals surface area contributed by atoms with E-state index in [0.29, 0.717) is 6.04 Å². The van der Waals surface area contributed by atoms with Gasteiger partial charge in [0.15, 0.2) is 0 Å². The summed E-state index contributed by atoms with van der Waals surface area (Å²) in [4.78, 5) is 0. The molecule has 1 atom stereocenters. The fourth-order valence-corrected chi connectivity index (χ4v) is 1.04. The molecule has 0 aromatic rings. The van der Waals surface area contributed by atoms with Crippen molar-refractivity contribution in [1.82, 2.24) is 0 Å². The normalized spacial score (nSPS) is 12.3. The summed E-state index contributed by atoms with van der Waals surface area (Å²) >= 11 is 0. The van der Waals surface area contributed by atoms with Gasteiger partial charge in [-0.2, -0.15) is 0 Å². The first kappa shape index (κ1) is 13.8. The van der Waals surface area contributed by atoms with E-state index < -0.39 is 0 Å². The summed E-state index contributed by atoms with van der Waals surface area (Å²) in [7, 11) is 0. The van der Waals surface area contributed by atoms with E-state index in [9.17, 15) is 0 Å². The van der Waals surface area contributed by atoms with E-state index in [-0.39, 0.29) is 12.4 Å². The molecular weight excluding hydrogens is 158 g/mol. The van der Waals surface area contributed by atoms with Crippen LogP contribution in [0.5, 0.6) is 0 Å². The van der Waals surface area contributed by atoms with Crippen molar-refractivity contribution in [1.29, 1.82) is 0 Å². The molecule has 0 saturated heterocycles. The standard InChI is InChI=1S/C9H21N.ClH/c1-3-5-6-7-8-9(10)4-2;/h9H,3-8,10H2,1-2H3;1H. The fraction of sp³-hybridized carbons (Fsp3) is 1.00. The van der Waals surface area contributed by atoms with Crippen LogP contribution in [0.4, 0.5) is 0 Å². The van der Waals surface area contributed by atoms with E-state index in [2.05, 4.69) is 13.8 Å². The molecule has 1 nitrogen and oxygen atoms in total. The average molecular weight is 180 g/mol. The predicted octanol–water partition coefficient (Wildman–Crippen LogP) is 3.12. The Bertz CT molecular complexity index is 66.6. The van der Waals surface area contributed by atoms with Crippen molar-refractivity contribution in [3.8, 4) is 0 Å². The Labute approximate surface area is 77.2 Å². The van der Waals surface area contributed by atoms with Crippen LogP contribution in [-0.4, -0.2) is 6.04 Å². The minimum absolute atomic E-state index is 0. The first-order chi connectivity index (χ1) is 4.81. The van der Waals surface area contributed by atoms with Gasteiger partial charge in [-0.15, -0.1) is 12.4 Å². The first-order valence-electron chi connectivity index (χ1n) is 4.56.